The van der Waals surface area contributed by atoms with Crippen molar-refractivity contribution >= 4 is 16.9 Å². The first-order valence-corrected chi connectivity index (χ1v) is 3.35. The van der Waals surface area contributed by atoms with Crippen LogP contribution in [0.25, 0.3) is 15.9 Å². The highest BCUT2D eigenvalue weighted by Crippen LogP contribution is 2.29. The van der Waals surface area contributed by atoms with Crippen molar-refractivity contribution in [3.8, 4) is 0 Å². The number of hydrogen-bond acceptors (Lipinski definition) is 2. The third-order valence-corrected chi connectivity index (χ3v) is 1.61. The predicted octanol–water partition coefficient (Wildman–Crippen LogP) is 0.0605. The molecule has 5 heteroatoms. The minimum absolute atomic E-state index is 0. The van der Waals surface area contributed by atoms with Crippen LogP contribution in [-0.2, 0) is 0 Å². The van der Waals surface area contributed by atoms with E-state index in [1.807, 2.05) is 0 Å². The van der Waals surface area contributed by atoms with E-state index < -0.39 is 5.82 Å². The molecule has 1 heterocycles. The first-order chi connectivity index (χ1) is 5.83. The number of diazo groups is 1. The fraction of sp³-hybridized carbons (Fsp3) is 0. The Morgan fingerprint density at radius 1 is 1.31 bits per heavy atom. The van der Waals surface area contributed by atoms with Crippen LogP contribution in [0.1, 0.15) is 0 Å². The van der Waals surface area contributed by atoms with Crippen LogP contribution in [-0.4, -0.2) is 0 Å². The lowest BCUT2D eigenvalue weighted by Gasteiger charge is -1.81. The molecule has 0 fully saturated rings. The zero-order valence-corrected chi connectivity index (χ0v) is 7.12. The summed E-state index contributed by atoms with van der Waals surface area (Å²) in [5.74, 6) is -1.01. The molecule has 0 radical (unpaired) electrons. The van der Waals surface area contributed by atoms with Gasteiger partial charge in [0.25, 0.3) is 5.82 Å². The van der Waals surface area contributed by atoms with E-state index in [1.165, 1.54) is 0 Å². The summed E-state index contributed by atoms with van der Waals surface area (Å²) in [7, 11) is 0. The summed E-state index contributed by atoms with van der Waals surface area (Å²) in [4.78, 5) is 2.67. The summed E-state index contributed by atoms with van der Waals surface area (Å²) in [5, 5.41) is 8.64. The molecule has 0 unspecified atom stereocenters. The standard InChI is InChI=1S/C8H4FN2O.ClH/c9-7-5-3-1-2-4-6(5)12-8(7)11-10;/h1-4H;1H/q+1;/p-1. The van der Waals surface area contributed by atoms with E-state index >= 15 is 0 Å². The van der Waals surface area contributed by atoms with Gasteiger partial charge in [-0.3, -0.25) is 0 Å². The van der Waals surface area contributed by atoms with Crippen molar-refractivity contribution in [1.29, 1.82) is 5.39 Å². The zero-order valence-electron chi connectivity index (χ0n) is 6.37. The number of fused-ring (bicyclic) bond motifs is 1. The lowest BCUT2D eigenvalue weighted by molar-refractivity contribution is -0.00000358. The summed E-state index contributed by atoms with van der Waals surface area (Å²) >= 11 is 0. The van der Waals surface area contributed by atoms with E-state index in [4.69, 9.17) is 9.81 Å². The summed E-state index contributed by atoms with van der Waals surface area (Å²) in [5.41, 5.74) is 0.378. The number of rotatable bonds is 0. The van der Waals surface area contributed by atoms with Crippen LogP contribution in [0.2, 0.25) is 0 Å². The molecule has 1 aromatic carbocycles. The maximum absolute atomic E-state index is 13.1. The quantitative estimate of drug-likeness (QED) is 0.562. The van der Waals surface area contributed by atoms with Crippen molar-refractivity contribution in [2.24, 2.45) is 0 Å². The lowest BCUT2D eigenvalue weighted by atomic mass is 10.2. The van der Waals surface area contributed by atoms with Crippen LogP contribution in [0.5, 0.6) is 0 Å². The average Bonchev–Trinajstić information content (AvgIpc) is 2.44. The molecule has 66 valence electrons. The Morgan fingerprint density at radius 2 is 2.00 bits per heavy atom. The van der Waals surface area contributed by atoms with Crippen molar-refractivity contribution in [1.82, 2.24) is 0 Å². The fourth-order valence-corrected chi connectivity index (χ4v) is 1.07. The van der Waals surface area contributed by atoms with E-state index in [2.05, 4.69) is 4.98 Å². The second-order valence-electron chi connectivity index (χ2n) is 2.32. The minimum Gasteiger partial charge on any atom is -1.00 e. The monoisotopic (exact) mass is 198 g/mol. The summed E-state index contributed by atoms with van der Waals surface area (Å²) in [6, 6.07) is 6.56. The van der Waals surface area contributed by atoms with Crippen LogP contribution in [0.15, 0.2) is 28.7 Å². The van der Waals surface area contributed by atoms with E-state index in [0.717, 1.165) is 0 Å². The summed E-state index contributed by atoms with van der Waals surface area (Å²) < 4.78 is 17.9. The molecular weight excluding hydrogens is 195 g/mol. The van der Waals surface area contributed by atoms with Crippen LogP contribution in [0.4, 0.5) is 10.3 Å². The molecule has 0 saturated heterocycles. The minimum atomic E-state index is -0.631. The summed E-state index contributed by atoms with van der Waals surface area (Å²) in [6.07, 6.45) is 0. The van der Waals surface area contributed by atoms with Gasteiger partial charge in [0.15, 0.2) is 0 Å². The van der Waals surface area contributed by atoms with Gasteiger partial charge in [-0.2, -0.15) is 4.39 Å². The molecule has 0 saturated carbocycles. The molecule has 0 spiro atoms. The van der Waals surface area contributed by atoms with Crippen molar-refractivity contribution in [3.05, 3.63) is 35.1 Å². The van der Waals surface area contributed by atoms with E-state index in [0.29, 0.717) is 11.0 Å². The van der Waals surface area contributed by atoms with Gasteiger partial charge in [-0.1, -0.05) is 12.1 Å². The average molecular weight is 199 g/mol. The first-order valence-electron chi connectivity index (χ1n) is 3.35. The van der Waals surface area contributed by atoms with Crippen LogP contribution in [0.3, 0.4) is 0 Å². The zero-order chi connectivity index (χ0) is 8.55. The predicted molar refractivity (Wildman–Crippen MR) is 40.9 cm³/mol. The Kier molecular flexibility index (Phi) is 2.49. The lowest BCUT2D eigenvalue weighted by Crippen LogP contribution is -3.00. The molecule has 0 aliphatic heterocycles. The molecule has 1 aromatic heterocycles. The van der Waals surface area contributed by atoms with Gasteiger partial charge in [0.05, 0.1) is 5.39 Å². The Bertz CT molecular complexity index is 474. The third-order valence-electron chi connectivity index (χ3n) is 1.61. The van der Waals surface area contributed by atoms with E-state index in [1.54, 1.807) is 24.3 Å². The number of benzene rings is 1. The number of nitrogens with zero attached hydrogens (tertiary/aromatic N) is 2. The molecule has 0 N–H and O–H groups in total. The third kappa shape index (κ3) is 1.34. The first kappa shape index (κ1) is 9.49. The number of hydrogen-bond donors (Lipinski definition) is 0. The van der Waals surface area contributed by atoms with Gasteiger partial charge in [-0.25, -0.2) is 0 Å². The smallest absolute Gasteiger partial charge is 0.588 e. The Hall–Kier alpha value is -1.60. The van der Waals surface area contributed by atoms with Crippen LogP contribution in [0, 0.1) is 11.2 Å². The maximum atomic E-state index is 13.1. The topological polar surface area (TPSA) is 41.3 Å². The molecule has 13 heavy (non-hydrogen) atoms. The van der Waals surface area contributed by atoms with Gasteiger partial charge >= 0.3 is 5.88 Å². The van der Waals surface area contributed by atoms with E-state index in [9.17, 15) is 4.39 Å². The van der Waals surface area contributed by atoms with Crippen molar-refractivity contribution in [2.45, 2.75) is 0 Å². The Morgan fingerprint density at radius 3 is 2.62 bits per heavy atom. The van der Waals surface area contributed by atoms with Gasteiger partial charge in [0, 0.05) is 0 Å². The Labute approximate surface area is 79.2 Å². The van der Waals surface area contributed by atoms with Crippen molar-refractivity contribution in [2.75, 3.05) is 0 Å². The molecule has 2 aromatic rings. The SMILES string of the molecule is N#[N+]c1oc2ccccc2c1F.[Cl-]. The molecule has 0 atom stereocenters. The number of para-hydroxylation sites is 1. The normalized spacial score (nSPS) is 9.23. The van der Waals surface area contributed by atoms with Crippen LogP contribution < -0.4 is 12.4 Å². The number of furan rings is 1. The summed E-state index contributed by atoms with van der Waals surface area (Å²) in [6.45, 7) is 0. The maximum Gasteiger partial charge on any atom is 0.588 e. The second-order valence-corrected chi connectivity index (χ2v) is 2.32. The highest BCUT2D eigenvalue weighted by Gasteiger charge is 2.23. The molecule has 0 aliphatic rings. The molecule has 2 rings (SSSR count). The van der Waals surface area contributed by atoms with Crippen molar-refractivity contribution in [3.63, 3.8) is 0 Å². The molecule has 0 bridgehead atoms. The van der Waals surface area contributed by atoms with Gasteiger partial charge in [0.1, 0.15) is 5.58 Å². The second kappa shape index (κ2) is 3.42. The van der Waals surface area contributed by atoms with Gasteiger partial charge in [-0.05, 0) is 12.1 Å². The van der Waals surface area contributed by atoms with Gasteiger partial charge in [-0.15, -0.1) is 0 Å². The largest absolute Gasteiger partial charge is 1.00 e. The highest BCUT2D eigenvalue weighted by molar-refractivity contribution is 5.81. The van der Waals surface area contributed by atoms with E-state index in [-0.39, 0.29) is 18.3 Å². The van der Waals surface area contributed by atoms with Gasteiger partial charge < -0.3 is 16.8 Å². The fourth-order valence-electron chi connectivity index (χ4n) is 1.07. The highest BCUT2D eigenvalue weighted by atomic mass is 35.5. The Balaban J connectivity index is 0.000000845. The van der Waals surface area contributed by atoms with Gasteiger partial charge in [0.2, 0.25) is 10.4 Å². The molecule has 0 amide bonds. The van der Waals surface area contributed by atoms with Crippen LogP contribution >= 0.6 is 0 Å². The van der Waals surface area contributed by atoms with Crippen molar-refractivity contribution < 1.29 is 21.2 Å². The molecule has 3 nitrogen and oxygen atoms in total. The molecule has 0 aliphatic carbocycles. The number of halogens is 2. The molecular formula is C8H4ClFN2O.